The van der Waals surface area contributed by atoms with Gasteiger partial charge in [-0.25, -0.2) is 4.98 Å². The van der Waals surface area contributed by atoms with Crippen LogP contribution in [0, 0.1) is 0 Å². The average Bonchev–Trinajstić information content (AvgIpc) is 3.12. The number of aromatic nitrogens is 3. The number of amides is 1. The van der Waals surface area contributed by atoms with Gasteiger partial charge in [0.15, 0.2) is 0 Å². The molecule has 120 valence electrons. The van der Waals surface area contributed by atoms with Crippen molar-refractivity contribution in [1.29, 1.82) is 0 Å². The van der Waals surface area contributed by atoms with Gasteiger partial charge in [-0.1, -0.05) is 0 Å². The van der Waals surface area contributed by atoms with Crippen molar-refractivity contribution in [2.75, 3.05) is 11.9 Å². The zero-order chi connectivity index (χ0) is 16.2. The summed E-state index contributed by atoms with van der Waals surface area (Å²) < 4.78 is 1.79. The van der Waals surface area contributed by atoms with Gasteiger partial charge >= 0.3 is 0 Å². The van der Waals surface area contributed by atoms with E-state index in [1.54, 1.807) is 22.2 Å². The van der Waals surface area contributed by atoms with Gasteiger partial charge < -0.3 is 11.1 Å². The third kappa shape index (κ3) is 3.75. The Labute approximate surface area is 138 Å². The summed E-state index contributed by atoms with van der Waals surface area (Å²) in [7, 11) is 1.88. The lowest BCUT2D eigenvalue weighted by molar-refractivity contribution is -0.115. The molecule has 0 fully saturated rings. The van der Waals surface area contributed by atoms with Crippen LogP contribution in [0.1, 0.15) is 17.1 Å². The summed E-state index contributed by atoms with van der Waals surface area (Å²) >= 11 is 1.58. The van der Waals surface area contributed by atoms with Crippen molar-refractivity contribution < 1.29 is 4.79 Å². The Morgan fingerprint density at radius 2 is 2.30 bits per heavy atom. The zero-order valence-electron chi connectivity index (χ0n) is 13.0. The number of nitrogens with two attached hydrogens (primary N) is 1. The average molecular weight is 329 g/mol. The molecule has 6 nitrogen and oxygen atoms in total. The molecule has 0 unspecified atom stereocenters. The molecule has 3 aromatic rings. The molecule has 3 N–H and O–H groups in total. The van der Waals surface area contributed by atoms with Crippen LogP contribution in [-0.4, -0.2) is 27.2 Å². The van der Waals surface area contributed by atoms with E-state index >= 15 is 0 Å². The summed E-state index contributed by atoms with van der Waals surface area (Å²) in [6, 6.07) is 5.76. The maximum absolute atomic E-state index is 12.2. The van der Waals surface area contributed by atoms with E-state index in [2.05, 4.69) is 15.4 Å². The summed E-state index contributed by atoms with van der Waals surface area (Å²) in [5.41, 5.74) is 8.06. The third-order valence-electron chi connectivity index (χ3n) is 3.57. The first-order chi connectivity index (χ1) is 11.2. The fourth-order valence-corrected chi connectivity index (χ4v) is 3.23. The largest absolute Gasteiger partial charge is 0.330 e. The molecule has 0 aliphatic carbocycles. The number of carbonyl (C=O) groups is 1. The number of anilines is 1. The van der Waals surface area contributed by atoms with Crippen molar-refractivity contribution in [3.05, 3.63) is 40.5 Å². The van der Waals surface area contributed by atoms with E-state index in [0.29, 0.717) is 6.54 Å². The van der Waals surface area contributed by atoms with Crippen molar-refractivity contribution >= 4 is 33.8 Å². The highest BCUT2D eigenvalue weighted by Crippen LogP contribution is 2.19. The first-order valence-corrected chi connectivity index (χ1v) is 8.38. The van der Waals surface area contributed by atoms with Crippen molar-refractivity contribution in [3.8, 4) is 0 Å². The van der Waals surface area contributed by atoms with Gasteiger partial charge in [-0.05, 0) is 31.2 Å². The molecule has 2 aromatic heterocycles. The molecule has 0 bridgehead atoms. The van der Waals surface area contributed by atoms with Crippen molar-refractivity contribution in [2.45, 2.75) is 19.3 Å². The third-order valence-corrected chi connectivity index (χ3v) is 4.53. The Morgan fingerprint density at radius 3 is 3.13 bits per heavy atom. The first-order valence-electron chi connectivity index (χ1n) is 7.50. The highest BCUT2D eigenvalue weighted by molar-refractivity contribution is 7.09. The number of carbonyl (C=O) groups excluding carboxylic acids is 1. The Kier molecular flexibility index (Phi) is 4.68. The quantitative estimate of drug-likeness (QED) is 0.725. The van der Waals surface area contributed by atoms with Crippen molar-refractivity contribution in [1.82, 2.24) is 14.8 Å². The maximum Gasteiger partial charge on any atom is 0.230 e. The minimum Gasteiger partial charge on any atom is -0.330 e. The Bertz CT molecular complexity index is 823. The summed E-state index contributed by atoms with van der Waals surface area (Å²) in [5.74, 6) is -0.0674. The molecule has 0 atom stereocenters. The number of benzene rings is 1. The number of thiazole rings is 1. The number of aryl methyl sites for hydroxylation is 2. The second kappa shape index (κ2) is 6.89. The molecule has 23 heavy (non-hydrogen) atoms. The molecule has 7 heteroatoms. The predicted molar refractivity (Wildman–Crippen MR) is 92.5 cm³/mol. The van der Waals surface area contributed by atoms with E-state index < -0.39 is 0 Å². The van der Waals surface area contributed by atoms with Gasteiger partial charge in [0.1, 0.15) is 0 Å². The highest BCUT2D eigenvalue weighted by atomic mass is 32.1. The monoisotopic (exact) mass is 329 g/mol. The topological polar surface area (TPSA) is 85.8 Å². The SMILES string of the molecule is Cn1ncc2ccc(NC(=O)Cc3csc(CCCN)n3)cc21. The zero-order valence-corrected chi connectivity index (χ0v) is 13.8. The van der Waals surface area contributed by atoms with Crippen LogP contribution in [0.25, 0.3) is 10.9 Å². The standard InChI is InChI=1S/C16H19N5OS/c1-21-14-7-12(5-4-11(14)9-18-21)19-15(22)8-13-10-23-16(20-13)3-2-6-17/h4-5,7,9-10H,2-3,6,8,17H2,1H3,(H,19,22). The van der Waals surface area contributed by atoms with Crippen LogP contribution in [0.4, 0.5) is 5.69 Å². The Hall–Kier alpha value is -2.25. The van der Waals surface area contributed by atoms with Crippen LogP contribution < -0.4 is 11.1 Å². The molecule has 0 saturated carbocycles. The second-order valence-corrected chi connectivity index (χ2v) is 6.33. The fourth-order valence-electron chi connectivity index (χ4n) is 2.39. The number of nitrogens with one attached hydrogen (secondary N) is 1. The van der Waals surface area contributed by atoms with Gasteiger partial charge in [0.2, 0.25) is 5.91 Å². The van der Waals surface area contributed by atoms with E-state index in [-0.39, 0.29) is 12.3 Å². The first kappa shape index (κ1) is 15.6. The molecule has 0 aliphatic heterocycles. The molecule has 2 heterocycles. The number of hydrogen-bond donors (Lipinski definition) is 2. The Balaban J connectivity index is 1.63. The van der Waals surface area contributed by atoms with Crippen LogP contribution in [0.2, 0.25) is 0 Å². The molecular formula is C16H19N5OS. The lowest BCUT2D eigenvalue weighted by Crippen LogP contribution is -2.14. The molecule has 0 radical (unpaired) electrons. The minimum atomic E-state index is -0.0674. The number of hydrogen-bond acceptors (Lipinski definition) is 5. The van der Waals surface area contributed by atoms with Crippen LogP contribution >= 0.6 is 11.3 Å². The van der Waals surface area contributed by atoms with E-state index in [1.165, 1.54) is 0 Å². The number of rotatable bonds is 6. The number of nitrogens with zero attached hydrogens (tertiary/aromatic N) is 3. The van der Waals surface area contributed by atoms with Crippen LogP contribution in [-0.2, 0) is 24.7 Å². The summed E-state index contributed by atoms with van der Waals surface area (Å²) in [4.78, 5) is 16.6. The van der Waals surface area contributed by atoms with E-state index in [0.717, 1.165) is 40.1 Å². The molecule has 0 saturated heterocycles. The summed E-state index contributed by atoms with van der Waals surface area (Å²) in [6.45, 7) is 0.659. The van der Waals surface area contributed by atoms with E-state index in [1.807, 2.05) is 30.6 Å². The lowest BCUT2D eigenvalue weighted by atomic mass is 10.2. The highest BCUT2D eigenvalue weighted by Gasteiger charge is 2.09. The minimum absolute atomic E-state index is 0.0674. The van der Waals surface area contributed by atoms with Gasteiger partial charge in [0, 0.05) is 29.9 Å². The van der Waals surface area contributed by atoms with Gasteiger partial charge in [-0.15, -0.1) is 11.3 Å². The maximum atomic E-state index is 12.2. The molecule has 1 amide bonds. The predicted octanol–water partition coefficient (Wildman–Crippen LogP) is 2.10. The Morgan fingerprint density at radius 1 is 1.43 bits per heavy atom. The summed E-state index contributed by atoms with van der Waals surface area (Å²) in [6.07, 6.45) is 3.88. The summed E-state index contributed by atoms with van der Waals surface area (Å²) in [5, 5.41) is 11.1. The van der Waals surface area contributed by atoms with Crippen LogP contribution in [0.15, 0.2) is 29.8 Å². The van der Waals surface area contributed by atoms with E-state index in [4.69, 9.17) is 5.73 Å². The van der Waals surface area contributed by atoms with Gasteiger partial charge in [-0.3, -0.25) is 9.48 Å². The molecule has 0 spiro atoms. The van der Waals surface area contributed by atoms with Gasteiger partial charge in [-0.2, -0.15) is 5.10 Å². The van der Waals surface area contributed by atoms with Gasteiger partial charge in [0.25, 0.3) is 0 Å². The molecule has 3 rings (SSSR count). The van der Waals surface area contributed by atoms with Crippen LogP contribution in [0.5, 0.6) is 0 Å². The molecule has 1 aromatic carbocycles. The smallest absolute Gasteiger partial charge is 0.230 e. The van der Waals surface area contributed by atoms with Gasteiger partial charge in [0.05, 0.1) is 28.8 Å². The molecule has 0 aliphatic rings. The molecular weight excluding hydrogens is 310 g/mol. The van der Waals surface area contributed by atoms with E-state index in [9.17, 15) is 4.79 Å². The second-order valence-electron chi connectivity index (χ2n) is 5.39. The fraction of sp³-hybridized carbons (Fsp3) is 0.312. The normalized spacial score (nSPS) is 11.0. The van der Waals surface area contributed by atoms with Crippen molar-refractivity contribution in [2.24, 2.45) is 12.8 Å². The van der Waals surface area contributed by atoms with Crippen molar-refractivity contribution in [3.63, 3.8) is 0 Å². The van der Waals surface area contributed by atoms with Crippen LogP contribution in [0.3, 0.4) is 0 Å². The lowest BCUT2D eigenvalue weighted by Gasteiger charge is -2.05. The number of fused-ring (bicyclic) bond motifs is 1.